The Kier molecular flexibility index (Phi) is 5.93. The van der Waals surface area contributed by atoms with Gasteiger partial charge in [0.05, 0.1) is 5.52 Å². The van der Waals surface area contributed by atoms with Crippen LogP contribution in [0.5, 0.6) is 0 Å². The number of amides is 1. The molecular formula is C25H31N7O4. The molecule has 2 aliphatic rings. The molecule has 1 amide bonds. The van der Waals surface area contributed by atoms with Gasteiger partial charge in [0, 0.05) is 47.5 Å². The molecule has 0 aromatic carbocycles. The van der Waals surface area contributed by atoms with Gasteiger partial charge in [0.2, 0.25) is 0 Å². The minimum Gasteiger partial charge on any atom is -0.465 e. The highest BCUT2D eigenvalue weighted by Crippen LogP contribution is 2.37. The summed E-state index contributed by atoms with van der Waals surface area (Å²) < 4.78 is 6.65. The van der Waals surface area contributed by atoms with Crippen molar-refractivity contribution in [3.05, 3.63) is 36.2 Å². The Bertz CT molecular complexity index is 1300. The summed E-state index contributed by atoms with van der Waals surface area (Å²) in [6.45, 7) is 7.20. The predicted molar refractivity (Wildman–Crippen MR) is 135 cm³/mol. The van der Waals surface area contributed by atoms with E-state index >= 15 is 0 Å². The zero-order valence-corrected chi connectivity index (χ0v) is 20.9. The fourth-order valence-corrected chi connectivity index (χ4v) is 5.21. The number of aromatic nitrogens is 4. The van der Waals surface area contributed by atoms with Crippen molar-refractivity contribution in [2.45, 2.75) is 77.1 Å². The molecule has 36 heavy (non-hydrogen) atoms. The van der Waals surface area contributed by atoms with Crippen LogP contribution in [0.4, 0.5) is 27.0 Å². The molecule has 2 bridgehead atoms. The van der Waals surface area contributed by atoms with Gasteiger partial charge in [-0.3, -0.25) is 4.98 Å². The summed E-state index contributed by atoms with van der Waals surface area (Å²) in [7, 11) is 0. The number of ether oxygens (including phenoxy) is 1. The third-order valence-electron chi connectivity index (χ3n) is 6.60. The molecule has 0 saturated carbocycles. The molecule has 3 aromatic heterocycles. The van der Waals surface area contributed by atoms with Gasteiger partial charge in [-0.15, -0.1) is 5.10 Å². The number of rotatable bonds is 4. The fraction of sp³-hybridized carbons (Fsp3) is 0.480. The minimum atomic E-state index is -0.832. The fourth-order valence-electron chi connectivity index (χ4n) is 5.21. The third kappa shape index (κ3) is 4.77. The van der Waals surface area contributed by atoms with E-state index in [9.17, 15) is 14.7 Å². The van der Waals surface area contributed by atoms with E-state index in [1.54, 1.807) is 44.9 Å². The lowest BCUT2D eigenvalue weighted by Crippen LogP contribution is -2.49. The second-order valence-electron chi connectivity index (χ2n) is 10.5. The van der Waals surface area contributed by atoms with Crippen molar-refractivity contribution >= 4 is 40.5 Å². The summed E-state index contributed by atoms with van der Waals surface area (Å²) in [4.78, 5) is 35.1. The number of carboxylic acid groups (broad SMARTS) is 1. The molecule has 190 valence electrons. The largest absolute Gasteiger partial charge is 0.465 e. The number of nitrogens with one attached hydrogen (secondary N) is 2. The van der Waals surface area contributed by atoms with Crippen molar-refractivity contribution in [2.75, 3.05) is 10.6 Å². The first kappa shape index (κ1) is 23.8. The van der Waals surface area contributed by atoms with Gasteiger partial charge in [-0.25, -0.2) is 14.6 Å². The molecule has 0 radical (unpaired) electrons. The van der Waals surface area contributed by atoms with E-state index in [-0.39, 0.29) is 18.1 Å². The zero-order chi connectivity index (χ0) is 25.6. The maximum Gasteiger partial charge on any atom is 0.435 e. The maximum atomic E-state index is 12.5. The second-order valence-corrected chi connectivity index (χ2v) is 10.5. The topological polar surface area (TPSA) is 134 Å². The first-order valence-corrected chi connectivity index (χ1v) is 12.2. The van der Waals surface area contributed by atoms with Crippen molar-refractivity contribution in [1.82, 2.24) is 24.6 Å². The smallest absolute Gasteiger partial charge is 0.435 e. The van der Waals surface area contributed by atoms with Gasteiger partial charge in [-0.05, 0) is 65.5 Å². The van der Waals surface area contributed by atoms with Gasteiger partial charge in [-0.2, -0.15) is 4.68 Å². The molecule has 3 aromatic rings. The number of hydrogen-bond donors (Lipinski definition) is 3. The number of carbonyl (C=O) groups is 2. The highest BCUT2D eigenvalue weighted by Gasteiger charge is 2.43. The van der Waals surface area contributed by atoms with Gasteiger partial charge in [0.1, 0.15) is 17.2 Å². The summed E-state index contributed by atoms with van der Waals surface area (Å²) >= 11 is 0. The molecule has 2 aliphatic heterocycles. The molecule has 11 nitrogen and oxygen atoms in total. The van der Waals surface area contributed by atoms with Crippen molar-refractivity contribution < 1.29 is 19.4 Å². The summed E-state index contributed by atoms with van der Waals surface area (Å²) in [5.41, 5.74) is 0.756. The van der Waals surface area contributed by atoms with E-state index in [1.165, 1.54) is 4.68 Å². The monoisotopic (exact) mass is 493 g/mol. The maximum absolute atomic E-state index is 12.5. The lowest BCUT2D eigenvalue weighted by atomic mass is 9.97. The van der Waals surface area contributed by atoms with Crippen LogP contribution in [-0.2, 0) is 4.74 Å². The number of carbonyl (C=O) groups excluding carboxylic acids is 1. The molecule has 2 fully saturated rings. The van der Waals surface area contributed by atoms with Crippen molar-refractivity contribution in [3.8, 4) is 0 Å². The van der Waals surface area contributed by atoms with Crippen LogP contribution in [0.25, 0.3) is 10.9 Å². The van der Waals surface area contributed by atoms with Crippen LogP contribution in [0.15, 0.2) is 30.5 Å². The Morgan fingerprint density at radius 2 is 1.86 bits per heavy atom. The van der Waals surface area contributed by atoms with E-state index < -0.39 is 17.8 Å². The summed E-state index contributed by atoms with van der Waals surface area (Å²) in [6, 6.07) is 7.58. The third-order valence-corrected chi connectivity index (χ3v) is 6.60. The van der Waals surface area contributed by atoms with Gasteiger partial charge in [-0.1, -0.05) is 0 Å². The van der Waals surface area contributed by atoms with Crippen LogP contribution < -0.4 is 10.6 Å². The highest BCUT2D eigenvalue weighted by molar-refractivity contribution is 5.91. The molecule has 3 N–H and O–H groups in total. The quantitative estimate of drug-likeness (QED) is 0.471. The second kappa shape index (κ2) is 8.96. The average molecular weight is 494 g/mol. The number of aryl methyl sites for hydroxylation is 1. The number of hydrogen-bond acceptors (Lipinski definition) is 8. The minimum absolute atomic E-state index is 0.0317. The normalized spacial score (nSPS) is 21.4. The van der Waals surface area contributed by atoms with Crippen LogP contribution in [0.3, 0.4) is 0 Å². The molecule has 5 rings (SSSR count). The number of pyridine rings is 2. The molecule has 0 unspecified atom stereocenters. The van der Waals surface area contributed by atoms with Gasteiger partial charge < -0.3 is 25.4 Å². The lowest BCUT2D eigenvalue weighted by Gasteiger charge is -2.37. The summed E-state index contributed by atoms with van der Waals surface area (Å²) in [6.07, 6.45) is 3.61. The van der Waals surface area contributed by atoms with Crippen LogP contribution >= 0.6 is 0 Å². The van der Waals surface area contributed by atoms with Crippen LogP contribution in [0.1, 0.15) is 52.1 Å². The van der Waals surface area contributed by atoms with E-state index in [1.807, 2.05) is 18.2 Å². The van der Waals surface area contributed by atoms with Crippen LogP contribution in [0.2, 0.25) is 0 Å². The van der Waals surface area contributed by atoms with Crippen molar-refractivity contribution in [1.29, 1.82) is 0 Å². The number of anilines is 3. The molecule has 0 spiro atoms. The summed E-state index contributed by atoms with van der Waals surface area (Å²) in [5.74, 6) is 1.67. The predicted octanol–water partition coefficient (Wildman–Crippen LogP) is 4.75. The Labute approximate surface area is 208 Å². The van der Waals surface area contributed by atoms with Gasteiger partial charge in [0.25, 0.3) is 0 Å². The van der Waals surface area contributed by atoms with Crippen LogP contribution in [0, 0.1) is 6.92 Å². The SMILES string of the molecule is Cc1cc(Nc2cc3ncccc3c(N[C@H]3C[C@H]4CC[C@@H](C3)N4C(=O)O)n2)nn1C(=O)OC(C)(C)C. The van der Waals surface area contributed by atoms with Crippen LogP contribution in [-0.4, -0.2) is 65.7 Å². The first-order valence-electron chi connectivity index (χ1n) is 12.2. The molecule has 2 saturated heterocycles. The Balaban J connectivity index is 1.39. The first-order chi connectivity index (χ1) is 17.1. The molecular weight excluding hydrogens is 462 g/mol. The van der Waals surface area contributed by atoms with Gasteiger partial charge in [0.15, 0.2) is 5.82 Å². The Morgan fingerprint density at radius 3 is 2.53 bits per heavy atom. The molecule has 5 heterocycles. The summed E-state index contributed by atoms with van der Waals surface area (Å²) in [5, 5.41) is 21.5. The number of nitrogens with zero attached hydrogens (tertiary/aromatic N) is 5. The lowest BCUT2D eigenvalue weighted by molar-refractivity contribution is 0.0511. The Hall–Kier alpha value is -3.89. The standard InChI is InChI=1S/C25H31N7O4/c1-14-10-21(30-32(14)24(35)36-25(2,3)4)28-20-13-19-18(6-5-9-26-19)22(29-20)27-15-11-16-7-8-17(12-15)31(16)23(33)34/h5-6,9-10,13,15-17H,7-8,11-12H2,1-4H3,(H,33,34)(H2,27,28,29,30)/t15-,16+,17-. The van der Waals surface area contributed by atoms with Gasteiger partial charge >= 0.3 is 12.2 Å². The molecule has 3 atom stereocenters. The van der Waals surface area contributed by atoms with E-state index in [0.717, 1.165) is 36.6 Å². The van der Waals surface area contributed by atoms with E-state index in [2.05, 4.69) is 20.7 Å². The molecule has 0 aliphatic carbocycles. The highest BCUT2D eigenvalue weighted by atomic mass is 16.6. The average Bonchev–Trinajstić information content (AvgIpc) is 3.29. The zero-order valence-electron chi connectivity index (χ0n) is 20.9. The molecule has 11 heteroatoms. The number of fused-ring (bicyclic) bond motifs is 3. The Morgan fingerprint density at radius 1 is 1.14 bits per heavy atom. The van der Waals surface area contributed by atoms with Crippen molar-refractivity contribution in [2.24, 2.45) is 0 Å². The van der Waals surface area contributed by atoms with E-state index in [4.69, 9.17) is 9.72 Å². The van der Waals surface area contributed by atoms with E-state index in [0.29, 0.717) is 23.1 Å². The number of piperidine rings is 1. The van der Waals surface area contributed by atoms with Crippen molar-refractivity contribution in [3.63, 3.8) is 0 Å².